The van der Waals surface area contributed by atoms with E-state index in [0.29, 0.717) is 50.4 Å². The first-order valence-corrected chi connectivity index (χ1v) is 46.4. The maximum absolute atomic E-state index is 12.0. The third-order valence-electron chi connectivity index (χ3n) is 20.1. The molecule has 10 rings (SSSR count). The van der Waals surface area contributed by atoms with E-state index in [1.54, 1.807) is 113 Å². The Bertz CT molecular complexity index is 4830. The molecule has 2 heterocycles. The Labute approximate surface area is 1010 Å². The van der Waals surface area contributed by atoms with Crippen LogP contribution in [0.4, 0.5) is 9.59 Å². The van der Waals surface area contributed by atoms with Gasteiger partial charge in [0, 0.05) is 134 Å². The normalized spacial score (nSPS) is 11.0. The topological polar surface area (TPSA) is 457 Å². The number of alkyl carbamates (subject to hydrolysis) is 2. The van der Waals surface area contributed by atoms with Gasteiger partial charge in [-0.3, -0.25) is 30.2 Å². The fourth-order valence-corrected chi connectivity index (χ4v) is 13.9. The van der Waals surface area contributed by atoms with E-state index in [1.807, 2.05) is 244 Å². The van der Waals surface area contributed by atoms with E-state index in [4.69, 9.17) is 9.47 Å². The molecule has 0 aliphatic heterocycles. The molecule has 0 aliphatic carbocycles. The zero-order chi connectivity index (χ0) is 106. The Kier molecular flexibility index (Phi) is 93.4. The van der Waals surface area contributed by atoms with E-state index < -0.39 is 85.3 Å². The first kappa shape index (κ1) is 151. The summed E-state index contributed by atoms with van der Waals surface area (Å²) in [6, 6.07) is 65.1. The number of carbonyl (C=O) groups excluding carboxylic acids is 8. The number of hydrogen-bond acceptors (Lipinski definition) is 30. The fraction of sp³-hybridized carbons (Fsp3) is 0.426. The zero-order valence-corrected chi connectivity index (χ0v) is 104. The van der Waals surface area contributed by atoms with Crippen LogP contribution in [-0.2, 0) is 102 Å². The van der Waals surface area contributed by atoms with Crippen LogP contribution in [0, 0.1) is 23.7 Å². The molecular formula is C108H146N12Na6O22. The number of unbranched alkanes of at least 4 members (excludes halogenated alkanes) is 2. The van der Waals surface area contributed by atoms with Gasteiger partial charge in [-0.15, -0.1) is 0 Å². The Morgan fingerprint density at radius 1 is 0.351 bits per heavy atom. The summed E-state index contributed by atoms with van der Waals surface area (Å²) in [5, 5.41) is 80.3. The zero-order valence-electron chi connectivity index (χ0n) is 92.4. The number of nitrogens with zero attached hydrogens (tertiary/aromatic N) is 10. The summed E-state index contributed by atoms with van der Waals surface area (Å²) < 4.78 is 44.8. The molecule has 0 aliphatic rings. The van der Waals surface area contributed by atoms with E-state index in [2.05, 4.69) is 117 Å². The molecule has 40 heteroatoms. The van der Waals surface area contributed by atoms with Crippen molar-refractivity contribution in [3.63, 3.8) is 0 Å². The van der Waals surface area contributed by atoms with Crippen molar-refractivity contribution in [3.8, 4) is 67.3 Å². The summed E-state index contributed by atoms with van der Waals surface area (Å²) in [7, 11) is 19.5. The van der Waals surface area contributed by atoms with Crippen molar-refractivity contribution in [2.75, 3.05) is 112 Å². The Morgan fingerprint density at radius 3 is 0.851 bits per heavy atom. The number of carboxylic acids is 4. The van der Waals surface area contributed by atoms with Crippen LogP contribution in [0.2, 0.25) is 0 Å². The van der Waals surface area contributed by atoms with Gasteiger partial charge in [0.25, 0.3) is 0 Å². The molecule has 0 fully saturated rings. The first-order valence-electron chi connectivity index (χ1n) is 46.4. The molecule has 0 saturated heterocycles. The minimum atomic E-state index is -1.49. The molecule has 776 valence electrons. The van der Waals surface area contributed by atoms with Crippen LogP contribution in [0.3, 0.4) is 0 Å². The van der Waals surface area contributed by atoms with Crippen LogP contribution < -0.4 is 219 Å². The van der Waals surface area contributed by atoms with Gasteiger partial charge in [-0.2, -0.15) is 10.4 Å². The molecule has 2 amide bonds. The van der Waals surface area contributed by atoms with Crippen LogP contribution in [0.15, 0.2) is 231 Å². The van der Waals surface area contributed by atoms with E-state index in [-0.39, 0.29) is 214 Å². The van der Waals surface area contributed by atoms with Crippen LogP contribution in [0.5, 0.6) is 0 Å². The Hall–Kier alpha value is -7.90. The number of benzene rings is 8. The molecule has 8 aromatic carbocycles. The van der Waals surface area contributed by atoms with Crippen molar-refractivity contribution in [1.29, 1.82) is 0 Å². The van der Waals surface area contributed by atoms with Crippen molar-refractivity contribution >= 4 is 48.0 Å². The third kappa shape index (κ3) is 62.3. The van der Waals surface area contributed by atoms with E-state index in [0.717, 1.165) is 128 Å². The van der Waals surface area contributed by atoms with Crippen molar-refractivity contribution in [2.24, 2.45) is 23.7 Å². The quantitative estimate of drug-likeness (QED) is 0.0206. The molecule has 148 heavy (non-hydrogen) atoms. The molecule has 2 aromatic heterocycles. The molecule has 0 radical (unpaired) electrons. The smallest absolute Gasteiger partial charge is 0.548 e. The van der Waals surface area contributed by atoms with Gasteiger partial charge in [-0.1, -0.05) is 288 Å². The third-order valence-corrected chi connectivity index (χ3v) is 20.1. The fourth-order valence-electron chi connectivity index (χ4n) is 13.9. The number of carbonyl (C=O) groups is 8. The van der Waals surface area contributed by atoms with Crippen molar-refractivity contribution in [1.82, 2.24) is 61.7 Å². The number of carboxylic acid groups (broad SMARTS) is 4. The van der Waals surface area contributed by atoms with Gasteiger partial charge in [0.1, 0.15) is 13.2 Å². The standard InChI is InChI=1S/2C25H31N5O2.2C23H27NO6.6C2H6O.6Na/c2*1-5-6-9-18(4)30(23(17(2)3)25(31)32)16-19-12-14-20(15-13-19)21-10-7-8-11-22(21)24-26-28-29-27-24;2*1-3-29-22(27)16(2)13-20(24-23(28)30-15-21(25)26)14-17-9-11-19(12-10-17)18-7-5-4-6-8-18;6*1-3-2;;;;;;/h2*7-8,10-15,17,23H,4-6,9,16H2,1-3H3,(H2,26,27,28,29,31,32);2*4-12,16,20H,3,13-15H2,1-2H3,(H,24,28)(H,25,26);6*1-2H3;;;;;;/q;;;;;;;;;;6*+1/p-6/t2*23-;2*16-,20+;;;;;;;;;;;;/m0011............/s1. The number of ether oxygens (including phenoxy) is 10. The van der Waals surface area contributed by atoms with Crippen molar-refractivity contribution in [2.45, 2.75) is 171 Å². The molecule has 6 atom stereocenters. The number of nitrogens with one attached hydrogen (secondary N) is 2. The van der Waals surface area contributed by atoms with Crippen molar-refractivity contribution in [3.05, 3.63) is 253 Å². The SMILES string of the molecule is C=C(CCCC)N(Cc1ccc(-c2ccccc2-c2nnn[n-]2)cc1)[C@H](C(=O)[O-])C(C)C.C=C(CCCC)N(Cc1ccc(-c2ccccc2-c2nnn[n-]2)cc1)[C@H](C(=O)[O-])C(C)C.CCOC(=O)[C@H](C)C[C@@H](Cc1ccc(-c2ccccc2)cc1)NC(=O)OCC(=O)[O-].CCOC(=O)[C@H](C)C[C@@H](Cc1ccc(-c2ccccc2)cc1)NC(=O)OCC(=O)[O-].COC.COC.COC.COC.COC.COC.[Na+].[Na+].[Na+].[Na+].[Na+].[Na+]. The summed E-state index contributed by atoms with van der Waals surface area (Å²) in [5.74, 6) is -5.95. The second-order valence-electron chi connectivity index (χ2n) is 32.8. The van der Waals surface area contributed by atoms with Gasteiger partial charge in [-0.05, 0) is 155 Å². The van der Waals surface area contributed by atoms with E-state index in [9.17, 15) is 58.8 Å². The maximum atomic E-state index is 12.0. The maximum Gasteiger partial charge on any atom is 1.00 e. The van der Waals surface area contributed by atoms with Gasteiger partial charge in [-0.25, -0.2) is 9.59 Å². The average molecular weight is 2100 g/mol. The molecule has 10 aromatic rings. The first-order chi connectivity index (χ1) is 68.1. The van der Waals surface area contributed by atoms with E-state index in [1.165, 1.54) is 0 Å². The van der Waals surface area contributed by atoms with Gasteiger partial charge >= 0.3 is 201 Å². The van der Waals surface area contributed by atoms with Crippen molar-refractivity contribution < 1.29 is 283 Å². The van der Waals surface area contributed by atoms with Crippen LogP contribution >= 0.6 is 0 Å². The summed E-state index contributed by atoms with van der Waals surface area (Å²) in [4.78, 5) is 96.4. The van der Waals surface area contributed by atoms with Crippen LogP contribution in [0.25, 0.3) is 67.3 Å². The predicted molar refractivity (Wildman–Crippen MR) is 540 cm³/mol. The predicted octanol–water partition coefficient (Wildman–Crippen LogP) is -4.85. The second kappa shape index (κ2) is 91.7. The van der Waals surface area contributed by atoms with Crippen LogP contribution in [0.1, 0.15) is 143 Å². The summed E-state index contributed by atoms with van der Waals surface area (Å²) >= 11 is 0. The van der Waals surface area contributed by atoms with Gasteiger partial charge in [0.05, 0.1) is 61.0 Å². The van der Waals surface area contributed by atoms with E-state index >= 15 is 0 Å². The number of esters is 2. The molecule has 0 unspecified atom stereocenters. The summed E-state index contributed by atoms with van der Waals surface area (Å²) in [6.07, 6.45) is 5.29. The molecule has 0 bridgehead atoms. The number of amides is 2. The number of aromatic nitrogens is 8. The Balaban J connectivity index is -0.000000424. The molecule has 34 nitrogen and oxygen atoms in total. The number of tetrazole rings is 2. The second-order valence-corrected chi connectivity index (χ2v) is 32.8. The summed E-state index contributed by atoms with van der Waals surface area (Å²) in [6.45, 7) is 26.9. The minimum absolute atomic E-state index is 0. The number of rotatable bonds is 42. The largest absolute Gasteiger partial charge is 1.00 e. The molecule has 0 spiro atoms. The number of hydrogen-bond donors (Lipinski definition) is 2. The van der Waals surface area contributed by atoms with Gasteiger partial charge < -0.3 is 118 Å². The monoisotopic (exact) mass is 2100 g/mol. The molecule has 2 N–H and O–H groups in total. The number of aliphatic carboxylic acids is 4. The van der Waals surface area contributed by atoms with Crippen LogP contribution in [-0.4, -0.2) is 225 Å². The Morgan fingerprint density at radius 2 is 0.608 bits per heavy atom. The summed E-state index contributed by atoms with van der Waals surface area (Å²) in [5.41, 5.74) is 15.6. The van der Waals surface area contributed by atoms with Gasteiger partial charge in [0.2, 0.25) is 0 Å². The van der Waals surface area contributed by atoms with Gasteiger partial charge in [0.15, 0.2) is 0 Å². The molecular weight excluding hydrogens is 1960 g/mol. The molecule has 0 saturated carbocycles. The average Bonchev–Trinajstić information content (AvgIpc) is 1.40. The number of methoxy groups -OCH3 is 6. The number of allylic oxidation sites excluding steroid dienone is 2. The minimum Gasteiger partial charge on any atom is -0.548 e.